The van der Waals surface area contributed by atoms with Gasteiger partial charge in [-0.2, -0.15) is 0 Å². The molecule has 0 nitrogen and oxygen atoms in total. The van der Waals surface area contributed by atoms with Crippen molar-refractivity contribution in [3.63, 3.8) is 0 Å². The topological polar surface area (TPSA) is 0 Å². The molecule has 0 amide bonds. The number of hydrogen-bond donors (Lipinski definition) is 0. The predicted molar refractivity (Wildman–Crippen MR) is 0 cm³/mol. The summed E-state index contributed by atoms with van der Waals surface area (Å²) in [5, 5.41) is 0. The molecule has 0 bridgehead atoms. The molecule has 4 heavy (non-hydrogen) atoms. The Balaban J connectivity index is 0. The first-order valence-electron chi connectivity index (χ1n) is 0. The normalized spacial score (nSPS) is 0. The summed E-state index contributed by atoms with van der Waals surface area (Å²) < 4.78 is 0. The Morgan fingerprint density at radius 1 is 0.750 bits per heavy atom. The molecule has 0 aromatic rings. The van der Waals surface area contributed by atoms with E-state index in [1.807, 2.05) is 0 Å². The van der Waals surface area contributed by atoms with Crippen molar-refractivity contribution in [2.75, 3.05) is 0 Å². The van der Waals surface area contributed by atoms with Gasteiger partial charge in [-0.3, -0.25) is 0 Å². The molecular formula is Ag2NiW. The van der Waals surface area contributed by atoms with Crippen LogP contribution in [-0.4, -0.2) is 0 Å². The van der Waals surface area contributed by atoms with Crippen LogP contribution in [0.3, 0.4) is 0 Å². The smallest absolute Gasteiger partial charge is 0 e. The molecule has 0 saturated carbocycles. The summed E-state index contributed by atoms with van der Waals surface area (Å²) in [7, 11) is 0. The molecule has 2 radical (unpaired) electrons. The maximum absolute atomic E-state index is 0. The molecule has 0 spiro atoms. The fourth-order valence-electron chi connectivity index (χ4n) is 0. The first-order chi connectivity index (χ1) is 0. The van der Waals surface area contributed by atoms with Gasteiger partial charge >= 0.3 is 0 Å². The molecule has 0 heterocycles. The van der Waals surface area contributed by atoms with E-state index in [9.17, 15) is 0 Å². The molecule has 0 aliphatic carbocycles. The van der Waals surface area contributed by atoms with Crippen LogP contribution in [0, 0.1) is 0 Å². The Kier molecular flexibility index (Phi) is 131. The minimum atomic E-state index is 0. The van der Waals surface area contributed by atoms with E-state index in [0.717, 1.165) is 0 Å². The van der Waals surface area contributed by atoms with Crippen molar-refractivity contribution in [2.24, 2.45) is 0 Å². The zero-order valence-electron chi connectivity index (χ0n) is 1.33. The summed E-state index contributed by atoms with van der Waals surface area (Å²) in [4.78, 5) is 0. The number of rotatable bonds is 0. The Morgan fingerprint density at radius 2 is 0.750 bits per heavy atom. The molecule has 4 heteroatoms. The second kappa shape index (κ2) is 17.4. The summed E-state index contributed by atoms with van der Waals surface area (Å²) in [6.45, 7) is 0. The molecule has 0 aliphatic rings. The molecule has 0 rings (SSSR count). The first-order valence-corrected chi connectivity index (χ1v) is 0. The van der Waals surface area contributed by atoms with Gasteiger partial charge in [0, 0.05) is 82.3 Å². The van der Waals surface area contributed by atoms with E-state index >= 15 is 0 Å². The second-order valence-corrected chi connectivity index (χ2v) is 0. The standard InChI is InChI=1S/2Ag.Ni.W. The minimum absolute atomic E-state index is 0. The van der Waals surface area contributed by atoms with Crippen LogP contribution in [0.15, 0.2) is 0 Å². The van der Waals surface area contributed by atoms with Crippen molar-refractivity contribution in [1.29, 1.82) is 0 Å². The second-order valence-electron chi connectivity index (χ2n) is 0. The third-order valence-corrected chi connectivity index (χ3v) is 0. The van der Waals surface area contributed by atoms with Crippen LogP contribution < -0.4 is 0 Å². The average Bonchev–Trinajstić information content (AvgIpc) is 0. The molecule has 38 valence electrons. The van der Waals surface area contributed by atoms with Crippen molar-refractivity contribution < 1.29 is 82.3 Å². The van der Waals surface area contributed by atoms with Gasteiger partial charge in [0.2, 0.25) is 0 Å². The summed E-state index contributed by atoms with van der Waals surface area (Å²) in [5.41, 5.74) is 0. The molecule has 0 aromatic heterocycles. The van der Waals surface area contributed by atoms with Crippen LogP contribution in [-0.2, 0) is 82.3 Å². The van der Waals surface area contributed by atoms with E-state index in [-0.39, 0.29) is 82.3 Å². The molecule has 0 atom stereocenters. The Morgan fingerprint density at radius 3 is 0.750 bits per heavy atom. The predicted octanol–water partition coefficient (Wildman–Crippen LogP) is -0.0100. The zero-order chi connectivity index (χ0) is 0. The van der Waals surface area contributed by atoms with Gasteiger partial charge in [-0.15, -0.1) is 0 Å². The van der Waals surface area contributed by atoms with Crippen LogP contribution in [0.25, 0.3) is 0 Å². The van der Waals surface area contributed by atoms with Gasteiger partial charge in [0.25, 0.3) is 0 Å². The van der Waals surface area contributed by atoms with E-state index < -0.39 is 0 Å². The zero-order valence-corrected chi connectivity index (χ0v) is 8.21. The summed E-state index contributed by atoms with van der Waals surface area (Å²) >= 11 is 0. The Labute approximate surface area is 81.1 Å². The van der Waals surface area contributed by atoms with Crippen LogP contribution in [0.1, 0.15) is 0 Å². The molecule has 0 aliphatic heterocycles. The largest absolute Gasteiger partial charge is 0 e. The molecular weight excluding hydrogens is 458 g/mol. The van der Waals surface area contributed by atoms with Gasteiger partial charge in [-0.25, -0.2) is 0 Å². The van der Waals surface area contributed by atoms with Crippen molar-refractivity contribution in [2.45, 2.75) is 0 Å². The SMILES string of the molecule is [Ag].[Ag].[Ni].[W]. The Hall–Kier alpha value is 2.66. The molecule has 0 aromatic carbocycles. The third kappa shape index (κ3) is 8.82. The summed E-state index contributed by atoms with van der Waals surface area (Å²) in [6.07, 6.45) is 0. The van der Waals surface area contributed by atoms with E-state index in [1.165, 1.54) is 0 Å². The van der Waals surface area contributed by atoms with Crippen molar-refractivity contribution >= 4 is 0 Å². The van der Waals surface area contributed by atoms with E-state index in [2.05, 4.69) is 0 Å². The minimum Gasteiger partial charge on any atom is 0 e. The molecule has 0 saturated heterocycles. The third-order valence-electron chi connectivity index (χ3n) is 0. The van der Waals surface area contributed by atoms with Gasteiger partial charge in [0.05, 0.1) is 0 Å². The van der Waals surface area contributed by atoms with E-state index in [1.54, 1.807) is 0 Å². The monoisotopic (exact) mass is 456 g/mol. The first kappa shape index (κ1) is 30.1. The number of hydrogen-bond acceptors (Lipinski definition) is 0. The van der Waals surface area contributed by atoms with Crippen molar-refractivity contribution in [3.8, 4) is 0 Å². The van der Waals surface area contributed by atoms with Crippen LogP contribution in [0.5, 0.6) is 0 Å². The van der Waals surface area contributed by atoms with Crippen LogP contribution >= 0.6 is 0 Å². The molecule has 0 N–H and O–H groups in total. The van der Waals surface area contributed by atoms with Gasteiger partial charge in [0.15, 0.2) is 0 Å². The summed E-state index contributed by atoms with van der Waals surface area (Å²) in [6, 6.07) is 0. The van der Waals surface area contributed by atoms with Gasteiger partial charge in [-0.1, -0.05) is 0 Å². The fraction of sp³-hybridized carbons (Fsp3) is 0. The van der Waals surface area contributed by atoms with E-state index in [4.69, 9.17) is 0 Å². The fourth-order valence-corrected chi connectivity index (χ4v) is 0. The quantitative estimate of drug-likeness (QED) is 0.449. The average molecular weight is 458 g/mol. The maximum atomic E-state index is 0. The van der Waals surface area contributed by atoms with Crippen molar-refractivity contribution in [1.82, 2.24) is 0 Å². The maximum Gasteiger partial charge on any atom is 0 e. The van der Waals surface area contributed by atoms with E-state index in [0.29, 0.717) is 0 Å². The van der Waals surface area contributed by atoms with Gasteiger partial charge in [-0.05, 0) is 0 Å². The van der Waals surface area contributed by atoms with Crippen LogP contribution in [0.4, 0.5) is 0 Å². The van der Waals surface area contributed by atoms with Gasteiger partial charge < -0.3 is 0 Å². The summed E-state index contributed by atoms with van der Waals surface area (Å²) in [5.74, 6) is 0. The molecule has 0 unspecified atom stereocenters. The molecule has 0 fully saturated rings. The van der Waals surface area contributed by atoms with Crippen LogP contribution in [0.2, 0.25) is 0 Å². The van der Waals surface area contributed by atoms with Crippen molar-refractivity contribution in [3.05, 3.63) is 0 Å². The van der Waals surface area contributed by atoms with Gasteiger partial charge in [0.1, 0.15) is 0 Å². The Bertz CT molecular complexity index is 6.00.